The van der Waals surface area contributed by atoms with E-state index < -0.39 is 0 Å². The first-order chi connectivity index (χ1) is 12.7. The molecule has 1 saturated heterocycles. The number of nitrogens with zero attached hydrogens (tertiary/aromatic N) is 3. The fourth-order valence-electron chi connectivity index (χ4n) is 3.53. The van der Waals surface area contributed by atoms with Gasteiger partial charge in [-0.3, -0.25) is 9.80 Å². The third-order valence-electron chi connectivity index (χ3n) is 5.07. The van der Waals surface area contributed by atoms with Crippen LogP contribution in [0.2, 0.25) is 0 Å². The van der Waals surface area contributed by atoms with Crippen LogP contribution in [0.15, 0.2) is 72.1 Å². The molecule has 2 heterocycles. The maximum absolute atomic E-state index is 4.49. The molecule has 0 N–H and O–H groups in total. The van der Waals surface area contributed by atoms with Gasteiger partial charge in [0.15, 0.2) is 0 Å². The zero-order valence-electron chi connectivity index (χ0n) is 15.7. The smallest absolute Gasteiger partial charge is 0.0617 e. The fraction of sp³-hybridized carbons (Fsp3) is 0.364. The van der Waals surface area contributed by atoms with E-state index in [1.165, 1.54) is 16.8 Å². The van der Waals surface area contributed by atoms with E-state index in [2.05, 4.69) is 82.1 Å². The number of hydrogen-bond donors (Lipinski definition) is 0. The van der Waals surface area contributed by atoms with E-state index in [1.807, 2.05) is 6.08 Å². The topological polar surface area (TPSA) is 9.72 Å². The number of likely N-dealkylation sites (N-methyl/N-ethyl adjacent to an activating group) is 1. The molecular formula is C22H29N3S. The monoisotopic (exact) mass is 367 g/mol. The Morgan fingerprint density at radius 2 is 2.04 bits per heavy atom. The molecule has 1 aromatic heterocycles. The van der Waals surface area contributed by atoms with Crippen molar-refractivity contribution in [2.45, 2.75) is 19.1 Å². The Kier molecular flexibility index (Phi) is 6.67. The lowest BCUT2D eigenvalue weighted by Crippen LogP contribution is -2.53. The van der Waals surface area contributed by atoms with E-state index in [0.29, 0.717) is 6.04 Å². The average molecular weight is 368 g/mol. The normalized spacial score (nSPS) is 18.6. The van der Waals surface area contributed by atoms with Gasteiger partial charge in [-0.25, -0.2) is 0 Å². The van der Waals surface area contributed by atoms with Gasteiger partial charge in [0.25, 0.3) is 0 Å². The van der Waals surface area contributed by atoms with Crippen molar-refractivity contribution in [1.82, 2.24) is 14.7 Å². The van der Waals surface area contributed by atoms with Gasteiger partial charge in [-0.2, -0.15) is 11.3 Å². The van der Waals surface area contributed by atoms with Crippen LogP contribution in [-0.4, -0.2) is 54.0 Å². The third kappa shape index (κ3) is 4.85. The SMILES string of the molecule is C=CCN(Cc1ccccc1)C(=C)C1CN(Cc2ccsc2)CCN1C. The van der Waals surface area contributed by atoms with Crippen LogP contribution >= 0.6 is 11.3 Å². The first-order valence-electron chi connectivity index (χ1n) is 9.19. The Morgan fingerprint density at radius 1 is 1.23 bits per heavy atom. The highest BCUT2D eigenvalue weighted by Crippen LogP contribution is 2.21. The van der Waals surface area contributed by atoms with E-state index in [0.717, 1.165) is 39.3 Å². The minimum Gasteiger partial charge on any atom is -0.366 e. The number of piperazine rings is 1. The molecule has 1 atom stereocenters. The van der Waals surface area contributed by atoms with Crippen LogP contribution in [0, 0.1) is 0 Å². The molecule has 2 aromatic rings. The molecule has 3 rings (SSSR count). The molecule has 26 heavy (non-hydrogen) atoms. The Labute approximate surface area is 161 Å². The van der Waals surface area contributed by atoms with Gasteiger partial charge in [0, 0.05) is 45.0 Å². The summed E-state index contributed by atoms with van der Waals surface area (Å²) in [5, 5.41) is 4.41. The maximum atomic E-state index is 4.49. The number of rotatable bonds is 8. The number of hydrogen-bond acceptors (Lipinski definition) is 4. The zero-order chi connectivity index (χ0) is 18.4. The van der Waals surface area contributed by atoms with Gasteiger partial charge in [-0.15, -0.1) is 6.58 Å². The largest absolute Gasteiger partial charge is 0.366 e. The molecular weight excluding hydrogens is 338 g/mol. The number of benzene rings is 1. The molecule has 0 saturated carbocycles. The fourth-order valence-corrected chi connectivity index (χ4v) is 4.19. The van der Waals surface area contributed by atoms with Gasteiger partial charge in [-0.1, -0.05) is 43.0 Å². The summed E-state index contributed by atoms with van der Waals surface area (Å²) < 4.78 is 0. The molecule has 138 valence electrons. The predicted molar refractivity (Wildman–Crippen MR) is 112 cm³/mol. The molecule has 4 heteroatoms. The average Bonchev–Trinajstić information content (AvgIpc) is 3.16. The standard InChI is InChI=1S/C22H29N3S/c1-4-11-25(16-20-8-6-5-7-9-20)19(2)22-17-24(13-12-23(22)3)15-21-10-14-26-18-21/h4-10,14,18,22H,1-2,11-13,15-17H2,3H3. The maximum Gasteiger partial charge on any atom is 0.0617 e. The molecule has 1 fully saturated rings. The summed E-state index contributed by atoms with van der Waals surface area (Å²) in [6.07, 6.45) is 1.97. The van der Waals surface area contributed by atoms with Crippen LogP contribution in [0.1, 0.15) is 11.1 Å². The van der Waals surface area contributed by atoms with Gasteiger partial charge in [0.1, 0.15) is 0 Å². The summed E-state index contributed by atoms with van der Waals surface area (Å²) in [5.41, 5.74) is 3.91. The van der Waals surface area contributed by atoms with Crippen molar-refractivity contribution in [2.24, 2.45) is 0 Å². The number of thiophene rings is 1. The summed E-state index contributed by atoms with van der Waals surface area (Å²) in [7, 11) is 2.21. The van der Waals surface area contributed by atoms with E-state index >= 15 is 0 Å². The minimum atomic E-state index is 0.339. The van der Waals surface area contributed by atoms with Crippen LogP contribution in [0.3, 0.4) is 0 Å². The van der Waals surface area contributed by atoms with E-state index in [1.54, 1.807) is 11.3 Å². The van der Waals surface area contributed by atoms with Crippen molar-refractivity contribution in [2.75, 3.05) is 33.2 Å². The second-order valence-corrected chi connectivity index (χ2v) is 7.79. The van der Waals surface area contributed by atoms with Crippen molar-refractivity contribution >= 4 is 11.3 Å². The molecule has 1 unspecified atom stereocenters. The van der Waals surface area contributed by atoms with Crippen molar-refractivity contribution < 1.29 is 0 Å². The molecule has 0 spiro atoms. The van der Waals surface area contributed by atoms with Crippen molar-refractivity contribution in [1.29, 1.82) is 0 Å². The molecule has 0 radical (unpaired) electrons. The van der Waals surface area contributed by atoms with Crippen LogP contribution in [0.5, 0.6) is 0 Å². The van der Waals surface area contributed by atoms with Crippen LogP contribution < -0.4 is 0 Å². The summed E-state index contributed by atoms with van der Waals surface area (Å²) in [5.74, 6) is 0. The molecule has 1 aliphatic rings. The van der Waals surface area contributed by atoms with Crippen molar-refractivity contribution in [3.8, 4) is 0 Å². The van der Waals surface area contributed by atoms with Crippen molar-refractivity contribution in [3.63, 3.8) is 0 Å². The summed E-state index contributed by atoms with van der Waals surface area (Å²) in [4.78, 5) is 7.34. The van der Waals surface area contributed by atoms with Gasteiger partial charge >= 0.3 is 0 Å². The third-order valence-corrected chi connectivity index (χ3v) is 5.81. The summed E-state index contributed by atoms with van der Waals surface area (Å²) >= 11 is 1.77. The molecule has 0 amide bonds. The summed E-state index contributed by atoms with van der Waals surface area (Å²) in [6, 6.07) is 13.2. The highest BCUT2D eigenvalue weighted by Gasteiger charge is 2.28. The predicted octanol–water partition coefficient (Wildman–Crippen LogP) is 4.07. The Balaban J connectivity index is 1.68. The first kappa shape index (κ1) is 18.9. The molecule has 3 nitrogen and oxygen atoms in total. The van der Waals surface area contributed by atoms with Gasteiger partial charge in [0.05, 0.1) is 6.04 Å². The highest BCUT2D eigenvalue weighted by molar-refractivity contribution is 7.07. The van der Waals surface area contributed by atoms with Gasteiger partial charge < -0.3 is 4.90 Å². The van der Waals surface area contributed by atoms with Crippen LogP contribution in [0.25, 0.3) is 0 Å². The van der Waals surface area contributed by atoms with Crippen molar-refractivity contribution in [3.05, 3.63) is 83.2 Å². The lowest BCUT2D eigenvalue weighted by Gasteiger charge is -2.43. The second-order valence-electron chi connectivity index (χ2n) is 7.01. The van der Waals surface area contributed by atoms with E-state index in [9.17, 15) is 0 Å². The lowest BCUT2D eigenvalue weighted by molar-refractivity contribution is 0.0914. The molecule has 1 aliphatic heterocycles. The molecule has 0 aliphatic carbocycles. The van der Waals surface area contributed by atoms with E-state index in [-0.39, 0.29) is 0 Å². The summed E-state index contributed by atoms with van der Waals surface area (Å²) in [6.45, 7) is 14.4. The zero-order valence-corrected chi connectivity index (χ0v) is 16.5. The second kappa shape index (κ2) is 9.17. The van der Waals surface area contributed by atoms with Gasteiger partial charge in [0.2, 0.25) is 0 Å². The molecule has 1 aromatic carbocycles. The van der Waals surface area contributed by atoms with Crippen LogP contribution in [-0.2, 0) is 13.1 Å². The Hall–Kier alpha value is -1.88. The Morgan fingerprint density at radius 3 is 2.73 bits per heavy atom. The van der Waals surface area contributed by atoms with E-state index in [4.69, 9.17) is 0 Å². The lowest BCUT2D eigenvalue weighted by atomic mass is 10.1. The van der Waals surface area contributed by atoms with Gasteiger partial charge in [-0.05, 0) is 35.0 Å². The highest BCUT2D eigenvalue weighted by atomic mass is 32.1. The molecule has 0 bridgehead atoms. The van der Waals surface area contributed by atoms with Crippen LogP contribution in [0.4, 0.5) is 0 Å². The quantitative estimate of drug-likeness (QED) is 0.651. The first-order valence-corrected chi connectivity index (χ1v) is 10.1. The minimum absolute atomic E-state index is 0.339. The Bertz CT molecular complexity index is 695.